The number of benzene rings is 2. The van der Waals surface area contributed by atoms with Crippen LogP contribution in [0.5, 0.6) is 0 Å². The molecule has 1 unspecified atom stereocenters. The fraction of sp³-hybridized carbons (Fsp3) is 0.333. The lowest BCUT2D eigenvalue weighted by molar-refractivity contribution is 0.349. The van der Waals surface area contributed by atoms with E-state index >= 15 is 0 Å². The monoisotopic (exact) mass is 304 g/mol. The van der Waals surface area contributed by atoms with E-state index in [1.165, 1.54) is 27.9 Å². The number of hydrogen-bond donors (Lipinski definition) is 0. The Hall–Kier alpha value is -2.22. The quantitative estimate of drug-likeness (QED) is 0.774. The average Bonchev–Trinajstić information content (AvgIpc) is 3.04. The highest BCUT2D eigenvalue weighted by molar-refractivity contribution is 5.82. The summed E-state index contributed by atoms with van der Waals surface area (Å²) in [5, 5.41) is 0. The van der Waals surface area contributed by atoms with Crippen LogP contribution < -0.4 is 4.90 Å². The fourth-order valence-electron chi connectivity index (χ4n) is 4.17. The first-order valence-corrected chi connectivity index (χ1v) is 8.47. The van der Waals surface area contributed by atoms with Crippen LogP contribution in [-0.2, 0) is 5.41 Å². The second-order valence-corrected chi connectivity index (χ2v) is 7.16. The van der Waals surface area contributed by atoms with Crippen LogP contribution in [0, 0.1) is 0 Å². The highest BCUT2D eigenvalue weighted by Crippen LogP contribution is 2.49. The van der Waals surface area contributed by atoms with Crippen molar-refractivity contribution in [1.82, 2.24) is 4.90 Å². The van der Waals surface area contributed by atoms with Crippen LogP contribution in [0.2, 0.25) is 0 Å². The maximum Gasteiger partial charge on any atom is 0.105 e. The molecule has 0 saturated carbocycles. The Bertz CT molecular complexity index is 788. The van der Waals surface area contributed by atoms with Crippen LogP contribution in [-0.4, -0.2) is 18.1 Å². The van der Waals surface area contributed by atoms with Crippen LogP contribution in [0.15, 0.2) is 54.9 Å². The van der Waals surface area contributed by atoms with Crippen molar-refractivity contribution in [3.63, 3.8) is 0 Å². The van der Waals surface area contributed by atoms with Gasteiger partial charge in [0.2, 0.25) is 0 Å². The van der Waals surface area contributed by atoms with E-state index in [1.807, 2.05) is 0 Å². The van der Waals surface area contributed by atoms with E-state index in [-0.39, 0.29) is 5.41 Å². The molecule has 4 rings (SSSR count). The summed E-state index contributed by atoms with van der Waals surface area (Å²) in [5.74, 6) is 0. The summed E-state index contributed by atoms with van der Waals surface area (Å²) >= 11 is 0. The predicted octanol–water partition coefficient (Wildman–Crippen LogP) is 4.95. The number of nitrogens with zero attached hydrogens (tertiary/aromatic N) is 2. The van der Waals surface area contributed by atoms with Gasteiger partial charge in [-0.05, 0) is 40.8 Å². The molecule has 1 atom stereocenters. The van der Waals surface area contributed by atoms with E-state index in [4.69, 9.17) is 0 Å². The molecule has 2 aliphatic rings. The second kappa shape index (κ2) is 4.89. The van der Waals surface area contributed by atoms with Gasteiger partial charge in [0, 0.05) is 30.5 Å². The molecular formula is C21H24N2. The van der Waals surface area contributed by atoms with E-state index < -0.39 is 0 Å². The van der Waals surface area contributed by atoms with Crippen molar-refractivity contribution in [2.24, 2.45) is 0 Å². The summed E-state index contributed by atoms with van der Waals surface area (Å²) < 4.78 is 0. The van der Waals surface area contributed by atoms with Gasteiger partial charge in [-0.3, -0.25) is 0 Å². The summed E-state index contributed by atoms with van der Waals surface area (Å²) in [6, 6.07) is 15.8. The zero-order valence-electron chi connectivity index (χ0n) is 14.4. The maximum absolute atomic E-state index is 2.39. The van der Waals surface area contributed by atoms with E-state index in [0.717, 1.165) is 6.42 Å². The predicted molar refractivity (Wildman–Crippen MR) is 97.5 cm³/mol. The van der Waals surface area contributed by atoms with Crippen molar-refractivity contribution in [2.75, 3.05) is 11.9 Å². The minimum atomic E-state index is 0.0684. The molecule has 1 aliphatic carbocycles. The first-order chi connectivity index (χ1) is 11.0. The number of hydrogen-bond acceptors (Lipinski definition) is 2. The summed E-state index contributed by atoms with van der Waals surface area (Å²) in [6.45, 7) is 6.92. The number of rotatable bonds is 2. The lowest BCUT2D eigenvalue weighted by atomic mass is 9.82. The molecule has 0 spiro atoms. The van der Waals surface area contributed by atoms with Gasteiger partial charge in [-0.15, -0.1) is 0 Å². The van der Waals surface area contributed by atoms with E-state index in [9.17, 15) is 0 Å². The van der Waals surface area contributed by atoms with Crippen LogP contribution in [0.25, 0.3) is 11.1 Å². The molecule has 0 N–H and O–H groups in total. The van der Waals surface area contributed by atoms with Gasteiger partial charge >= 0.3 is 0 Å². The first kappa shape index (κ1) is 14.4. The first-order valence-electron chi connectivity index (χ1n) is 8.47. The molecule has 0 fully saturated rings. The average molecular weight is 304 g/mol. The molecule has 0 radical (unpaired) electrons. The second-order valence-electron chi connectivity index (χ2n) is 7.16. The fourth-order valence-corrected chi connectivity index (χ4v) is 4.17. The third-order valence-electron chi connectivity index (χ3n) is 5.48. The van der Waals surface area contributed by atoms with Gasteiger partial charge in [0.25, 0.3) is 0 Å². The minimum absolute atomic E-state index is 0.0684. The summed E-state index contributed by atoms with van der Waals surface area (Å²) in [4.78, 5) is 4.67. The summed E-state index contributed by atoms with van der Waals surface area (Å²) in [5.41, 5.74) is 7.01. The molecule has 2 nitrogen and oxygen atoms in total. The summed E-state index contributed by atoms with van der Waals surface area (Å²) in [7, 11) is 2.15. The smallest absolute Gasteiger partial charge is 0.105 e. The lowest BCUT2D eigenvalue weighted by Gasteiger charge is -2.30. The normalized spacial score (nSPS) is 20.8. The molecule has 2 aromatic carbocycles. The Morgan fingerprint density at radius 1 is 0.957 bits per heavy atom. The van der Waals surface area contributed by atoms with Crippen LogP contribution >= 0.6 is 0 Å². The Balaban J connectivity index is 1.82. The Kier molecular flexibility index (Phi) is 3.06. The maximum atomic E-state index is 2.39. The standard InChI is InChI=1S/C21H24N2/c1-5-20-22(4)12-13-23(20)15-10-11-17-16-8-6-7-9-18(16)21(2,3)19(17)14-15/h6-14,20H,5H2,1-4H3. The van der Waals surface area contributed by atoms with E-state index in [2.05, 4.69) is 92.5 Å². The summed E-state index contributed by atoms with van der Waals surface area (Å²) in [6.07, 6.45) is 5.89. The molecule has 2 aromatic rings. The van der Waals surface area contributed by atoms with Crippen LogP contribution in [0.4, 0.5) is 5.69 Å². The van der Waals surface area contributed by atoms with Gasteiger partial charge in [0.1, 0.15) is 6.17 Å². The number of fused-ring (bicyclic) bond motifs is 3. The van der Waals surface area contributed by atoms with E-state index in [1.54, 1.807) is 0 Å². The minimum Gasteiger partial charge on any atom is -0.359 e. The zero-order valence-corrected chi connectivity index (χ0v) is 14.4. The molecule has 0 amide bonds. The Labute approximate surface area is 139 Å². The van der Waals surface area contributed by atoms with Crippen LogP contribution in [0.1, 0.15) is 38.3 Å². The molecular weight excluding hydrogens is 280 g/mol. The number of anilines is 1. The highest BCUT2D eigenvalue weighted by Gasteiger charge is 2.36. The van der Waals surface area contributed by atoms with E-state index in [0.29, 0.717) is 6.17 Å². The van der Waals surface area contributed by atoms with Gasteiger partial charge in [-0.2, -0.15) is 0 Å². The Morgan fingerprint density at radius 2 is 1.70 bits per heavy atom. The van der Waals surface area contributed by atoms with Crippen molar-refractivity contribution in [1.29, 1.82) is 0 Å². The largest absolute Gasteiger partial charge is 0.359 e. The van der Waals surface area contributed by atoms with Gasteiger partial charge < -0.3 is 9.80 Å². The molecule has 1 aliphatic heterocycles. The van der Waals surface area contributed by atoms with Crippen LogP contribution in [0.3, 0.4) is 0 Å². The SMILES string of the molecule is CCC1N(C)C=CN1c1ccc2c(c1)C(C)(C)c1ccccc1-2. The van der Waals surface area contributed by atoms with Gasteiger partial charge in [0.15, 0.2) is 0 Å². The van der Waals surface area contributed by atoms with Crippen molar-refractivity contribution in [3.05, 3.63) is 66.0 Å². The third kappa shape index (κ3) is 1.94. The molecule has 0 aromatic heterocycles. The third-order valence-corrected chi connectivity index (χ3v) is 5.48. The zero-order chi connectivity index (χ0) is 16.2. The molecule has 1 heterocycles. The molecule has 2 heteroatoms. The van der Waals surface area contributed by atoms with Gasteiger partial charge in [0.05, 0.1) is 0 Å². The topological polar surface area (TPSA) is 6.48 Å². The lowest BCUT2D eigenvalue weighted by Crippen LogP contribution is -2.35. The van der Waals surface area contributed by atoms with Gasteiger partial charge in [-0.25, -0.2) is 0 Å². The molecule has 118 valence electrons. The van der Waals surface area contributed by atoms with Gasteiger partial charge in [-0.1, -0.05) is 51.1 Å². The Morgan fingerprint density at radius 3 is 2.48 bits per heavy atom. The van der Waals surface area contributed by atoms with Crippen molar-refractivity contribution in [2.45, 2.75) is 38.8 Å². The molecule has 23 heavy (non-hydrogen) atoms. The molecule has 0 saturated heterocycles. The van der Waals surface area contributed by atoms with Crippen molar-refractivity contribution >= 4 is 5.69 Å². The highest BCUT2D eigenvalue weighted by atomic mass is 15.4. The van der Waals surface area contributed by atoms with Crippen molar-refractivity contribution < 1.29 is 0 Å². The van der Waals surface area contributed by atoms with Crippen molar-refractivity contribution in [3.8, 4) is 11.1 Å². The molecule has 0 bridgehead atoms.